The van der Waals surface area contributed by atoms with Crippen LogP contribution < -0.4 is 14.4 Å². The van der Waals surface area contributed by atoms with E-state index >= 15 is 0 Å². The maximum atomic E-state index is 13.1. The summed E-state index contributed by atoms with van der Waals surface area (Å²) in [5, 5.41) is 12.1. The number of rotatable bonds is 8. The van der Waals surface area contributed by atoms with Gasteiger partial charge in [0.05, 0.1) is 19.1 Å². The smallest absolute Gasteiger partial charge is 0.250 e. The predicted molar refractivity (Wildman–Crippen MR) is 128 cm³/mol. The number of nitrogens with zero attached hydrogens (tertiary/aromatic N) is 3. The second kappa shape index (κ2) is 9.85. The van der Waals surface area contributed by atoms with E-state index in [1.54, 1.807) is 19.1 Å². The lowest BCUT2D eigenvalue weighted by atomic mass is 10.2. The van der Waals surface area contributed by atoms with Crippen LogP contribution in [0.3, 0.4) is 0 Å². The summed E-state index contributed by atoms with van der Waals surface area (Å²) in [6, 6.07) is 11.3. The first-order chi connectivity index (χ1) is 15.1. The molecule has 1 N–H and O–H groups in total. The van der Waals surface area contributed by atoms with Crippen LogP contribution in [-0.2, 0) is 14.8 Å². The normalized spacial score (nSPS) is 12.3. The number of anilines is 2. The minimum absolute atomic E-state index is 0.183. The largest absolute Gasteiger partial charge is 0.495 e. The molecule has 3 rings (SSSR count). The fraction of sp³-hybridized carbons (Fsp3) is 0.286. The molecule has 0 aliphatic rings. The highest BCUT2D eigenvalue weighted by Crippen LogP contribution is 2.35. The summed E-state index contributed by atoms with van der Waals surface area (Å²) in [5.74, 6) is -0.254. The standard InChI is InChI=1S/C21H23ClN4O4S2/c1-5-16(26(32(4,28)29)17-12-15(22)10-11-18(17)30-3)19(27)23-21-25-24-20(31-21)14-8-6-13(2)7-9-14/h6-12,16H,5H2,1-4H3,(H,23,25,27)/t16-/m0/s1. The summed E-state index contributed by atoms with van der Waals surface area (Å²) < 4.78 is 31.8. The van der Waals surface area contributed by atoms with Gasteiger partial charge >= 0.3 is 0 Å². The van der Waals surface area contributed by atoms with Crippen LogP contribution in [-0.4, -0.2) is 43.9 Å². The summed E-state index contributed by atoms with van der Waals surface area (Å²) in [6.07, 6.45) is 1.24. The molecule has 0 radical (unpaired) electrons. The van der Waals surface area contributed by atoms with Crippen molar-refractivity contribution in [2.24, 2.45) is 0 Å². The van der Waals surface area contributed by atoms with Gasteiger partial charge in [-0.2, -0.15) is 0 Å². The van der Waals surface area contributed by atoms with Crippen molar-refractivity contribution in [1.29, 1.82) is 0 Å². The van der Waals surface area contributed by atoms with Crippen LogP contribution in [0.1, 0.15) is 18.9 Å². The van der Waals surface area contributed by atoms with Crippen LogP contribution in [0.25, 0.3) is 10.6 Å². The van der Waals surface area contributed by atoms with Crippen LogP contribution in [0, 0.1) is 6.92 Å². The molecule has 2 aromatic carbocycles. The van der Waals surface area contributed by atoms with Crippen molar-refractivity contribution in [3.05, 3.63) is 53.1 Å². The molecule has 32 heavy (non-hydrogen) atoms. The molecular weight excluding hydrogens is 472 g/mol. The molecule has 8 nitrogen and oxygen atoms in total. The maximum absolute atomic E-state index is 13.1. The molecule has 11 heteroatoms. The summed E-state index contributed by atoms with van der Waals surface area (Å²) in [4.78, 5) is 13.1. The molecule has 0 aliphatic heterocycles. The van der Waals surface area contributed by atoms with Crippen LogP contribution in [0.5, 0.6) is 5.75 Å². The Morgan fingerprint density at radius 2 is 1.91 bits per heavy atom. The van der Waals surface area contributed by atoms with E-state index in [0.29, 0.717) is 10.0 Å². The van der Waals surface area contributed by atoms with Gasteiger partial charge in [0.1, 0.15) is 16.8 Å². The van der Waals surface area contributed by atoms with Crippen molar-refractivity contribution in [1.82, 2.24) is 10.2 Å². The number of amides is 1. The third-order valence-electron chi connectivity index (χ3n) is 4.66. The average Bonchev–Trinajstić information content (AvgIpc) is 3.19. The van der Waals surface area contributed by atoms with Gasteiger partial charge < -0.3 is 4.74 Å². The van der Waals surface area contributed by atoms with Gasteiger partial charge in [0, 0.05) is 10.6 Å². The number of sulfonamides is 1. The molecule has 1 amide bonds. The van der Waals surface area contributed by atoms with Gasteiger partial charge in [0.15, 0.2) is 0 Å². The monoisotopic (exact) mass is 494 g/mol. The van der Waals surface area contributed by atoms with Crippen LogP contribution >= 0.6 is 22.9 Å². The highest BCUT2D eigenvalue weighted by molar-refractivity contribution is 7.92. The molecule has 1 aromatic heterocycles. The lowest BCUT2D eigenvalue weighted by Gasteiger charge is -2.30. The zero-order chi connectivity index (χ0) is 23.5. The van der Waals surface area contributed by atoms with E-state index in [4.69, 9.17) is 16.3 Å². The highest BCUT2D eigenvalue weighted by Gasteiger charge is 2.34. The number of carbonyl (C=O) groups is 1. The molecular formula is C21H23ClN4O4S2. The number of ether oxygens (including phenoxy) is 1. The molecule has 0 saturated carbocycles. The Labute approximate surface area is 196 Å². The first-order valence-corrected chi connectivity index (χ1v) is 12.7. The summed E-state index contributed by atoms with van der Waals surface area (Å²) in [6.45, 7) is 3.71. The minimum atomic E-state index is -3.86. The third kappa shape index (κ3) is 5.37. The Balaban J connectivity index is 1.91. The van der Waals surface area contributed by atoms with Crippen LogP contribution in [0.15, 0.2) is 42.5 Å². The van der Waals surface area contributed by atoms with Crippen LogP contribution in [0.4, 0.5) is 10.8 Å². The van der Waals surface area contributed by atoms with Gasteiger partial charge in [0.2, 0.25) is 21.1 Å². The van der Waals surface area contributed by atoms with Crippen molar-refractivity contribution in [3.8, 4) is 16.3 Å². The van der Waals surface area contributed by atoms with E-state index in [1.807, 2.05) is 31.2 Å². The number of hydrogen-bond acceptors (Lipinski definition) is 7. The fourth-order valence-corrected chi connectivity index (χ4v) is 5.27. The molecule has 0 unspecified atom stereocenters. The van der Waals surface area contributed by atoms with Crippen molar-refractivity contribution >= 4 is 49.7 Å². The first-order valence-electron chi connectivity index (χ1n) is 9.68. The molecule has 0 bridgehead atoms. The summed E-state index contributed by atoms with van der Waals surface area (Å²) in [7, 11) is -2.44. The second-order valence-electron chi connectivity index (χ2n) is 7.07. The zero-order valence-corrected chi connectivity index (χ0v) is 20.4. The number of aromatic nitrogens is 2. The number of methoxy groups -OCH3 is 1. The predicted octanol–water partition coefficient (Wildman–Crippen LogP) is 4.36. The lowest BCUT2D eigenvalue weighted by molar-refractivity contribution is -0.117. The Kier molecular flexibility index (Phi) is 7.37. The molecule has 0 saturated heterocycles. The Morgan fingerprint density at radius 1 is 1.22 bits per heavy atom. The summed E-state index contributed by atoms with van der Waals surface area (Å²) >= 11 is 7.31. The van der Waals surface area contributed by atoms with Crippen molar-refractivity contribution in [3.63, 3.8) is 0 Å². The topological polar surface area (TPSA) is 101 Å². The third-order valence-corrected chi connectivity index (χ3v) is 6.95. The van der Waals surface area contributed by atoms with E-state index in [-0.39, 0.29) is 23.0 Å². The van der Waals surface area contributed by atoms with Crippen molar-refractivity contribution in [2.45, 2.75) is 26.3 Å². The number of nitrogens with one attached hydrogen (secondary N) is 1. The number of hydrogen-bond donors (Lipinski definition) is 1. The van der Waals surface area contributed by atoms with E-state index in [2.05, 4.69) is 15.5 Å². The molecule has 1 heterocycles. The van der Waals surface area contributed by atoms with Gasteiger partial charge in [-0.15, -0.1) is 10.2 Å². The quantitative estimate of drug-likeness (QED) is 0.499. The zero-order valence-electron chi connectivity index (χ0n) is 18.0. The van der Waals surface area contributed by atoms with Gasteiger partial charge in [-0.1, -0.05) is 59.7 Å². The highest BCUT2D eigenvalue weighted by atomic mass is 35.5. The van der Waals surface area contributed by atoms with E-state index in [9.17, 15) is 13.2 Å². The average molecular weight is 495 g/mol. The molecule has 3 aromatic rings. The van der Waals surface area contributed by atoms with Gasteiger partial charge in [-0.3, -0.25) is 14.4 Å². The Hall–Kier alpha value is -2.69. The van der Waals surface area contributed by atoms with Crippen molar-refractivity contribution < 1.29 is 17.9 Å². The van der Waals surface area contributed by atoms with E-state index in [1.165, 1.54) is 24.5 Å². The van der Waals surface area contributed by atoms with E-state index < -0.39 is 22.0 Å². The van der Waals surface area contributed by atoms with Gasteiger partial charge in [-0.05, 0) is 31.5 Å². The second-order valence-corrected chi connectivity index (χ2v) is 10.3. The molecule has 0 fully saturated rings. The minimum Gasteiger partial charge on any atom is -0.495 e. The van der Waals surface area contributed by atoms with E-state index in [0.717, 1.165) is 21.7 Å². The SMILES string of the molecule is CC[C@@H](C(=O)Nc1nnc(-c2ccc(C)cc2)s1)N(c1cc(Cl)ccc1OC)S(C)(=O)=O. The fourth-order valence-electron chi connectivity index (χ4n) is 3.15. The summed E-state index contributed by atoms with van der Waals surface area (Å²) in [5.41, 5.74) is 2.18. The number of aryl methyl sites for hydroxylation is 1. The molecule has 1 atom stereocenters. The van der Waals surface area contributed by atoms with Gasteiger partial charge in [0.25, 0.3) is 0 Å². The number of carbonyl (C=O) groups excluding carboxylic acids is 1. The number of benzene rings is 2. The Bertz CT molecular complexity index is 1210. The van der Waals surface area contributed by atoms with Gasteiger partial charge in [-0.25, -0.2) is 8.42 Å². The number of halogens is 1. The Morgan fingerprint density at radius 3 is 2.50 bits per heavy atom. The molecule has 0 aliphatic carbocycles. The lowest BCUT2D eigenvalue weighted by Crippen LogP contribution is -2.47. The molecule has 170 valence electrons. The van der Waals surface area contributed by atoms with Crippen molar-refractivity contribution in [2.75, 3.05) is 23.0 Å². The first kappa shape index (κ1) is 24.0. The maximum Gasteiger partial charge on any atom is 0.250 e. The van der Waals surface area contributed by atoms with Crippen LogP contribution in [0.2, 0.25) is 5.02 Å². The molecule has 0 spiro atoms.